The summed E-state index contributed by atoms with van der Waals surface area (Å²) in [6.45, 7) is 6.75. The van der Waals surface area contributed by atoms with E-state index < -0.39 is 5.60 Å². The van der Waals surface area contributed by atoms with E-state index in [0.29, 0.717) is 12.0 Å². The van der Waals surface area contributed by atoms with Crippen LogP contribution in [0.5, 0.6) is 0 Å². The molecule has 0 aromatic carbocycles. The summed E-state index contributed by atoms with van der Waals surface area (Å²) in [6, 6.07) is 0.676. The van der Waals surface area contributed by atoms with Gasteiger partial charge in [-0.15, -0.1) is 0 Å². The zero-order valence-corrected chi connectivity index (χ0v) is 8.43. The minimum absolute atomic E-state index is 0.324. The lowest BCUT2D eigenvalue weighted by atomic mass is 9.89. The average Bonchev–Trinajstić information content (AvgIpc) is 1.83. The van der Waals surface area contributed by atoms with E-state index in [4.69, 9.17) is 0 Å². The molecule has 12 heavy (non-hydrogen) atoms. The molecule has 0 radical (unpaired) electrons. The van der Waals surface area contributed by atoms with Gasteiger partial charge in [-0.3, -0.25) is 0 Å². The molecule has 2 N–H and O–H groups in total. The molecule has 1 atom stereocenters. The molecule has 0 spiro atoms. The molecule has 0 bridgehead atoms. The van der Waals surface area contributed by atoms with Gasteiger partial charge in [0.15, 0.2) is 0 Å². The van der Waals surface area contributed by atoms with Gasteiger partial charge in [0.2, 0.25) is 0 Å². The normalized spacial score (nSPS) is 23.8. The van der Waals surface area contributed by atoms with Crippen molar-refractivity contribution in [2.24, 2.45) is 5.92 Å². The van der Waals surface area contributed by atoms with Gasteiger partial charge in [0.05, 0.1) is 5.60 Å². The lowest BCUT2D eigenvalue weighted by molar-refractivity contribution is 0.00938. The first-order chi connectivity index (χ1) is 5.52. The Labute approximate surface area is 75.4 Å². The summed E-state index contributed by atoms with van der Waals surface area (Å²) >= 11 is 0. The molecule has 1 fully saturated rings. The van der Waals surface area contributed by atoms with Gasteiger partial charge in [0.25, 0.3) is 0 Å². The van der Waals surface area contributed by atoms with E-state index in [9.17, 15) is 5.11 Å². The molecule has 72 valence electrons. The van der Waals surface area contributed by atoms with Crippen molar-refractivity contribution in [1.82, 2.24) is 5.32 Å². The van der Waals surface area contributed by atoms with Crippen LogP contribution in [0.2, 0.25) is 0 Å². The summed E-state index contributed by atoms with van der Waals surface area (Å²) in [5, 5.41) is 13.3. The van der Waals surface area contributed by atoms with Crippen molar-refractivity contribution >= 4 is 0 Å². The third kappa shape index (κ3) is 2.46. The maximum absolute atomic E-state index is 9.90. The highest BCUT2D eigenvalue weighted by atomic mass is 16.3. The SMILES string of the molecule is CC(C)C(C)(O)CNC1CCC1. The monoisotopic (exact) mass is 171 g/mol. The van der Waals surface area contributed by atoms with Crippen LogP contribution >= 0.6 is 0 Å². The van der Waals surface area contributed by atoms with Crippen molar-refractivity contribution in [1.29, 1.82) is 0 Å². The molecule has 1 saturated carbocycles. The molecule has 2 nitrogen and oxygen atoms in total. The van der Waals surface area contributed by atoms with Gasteiger partial charge in [0, 0.05) is 12.6 Å². The topological polar surface area (TPSA) is 32.3 Å². The van der Waals surface area contributed by atoms with Crippen LogP contribution in [-0.4, -0.2) is 23.3 Å². The Bertz CT molecular complexity index is 139. The molecule has 0 amide bonds. The summed E-state index contributed by atoms with van der Waals surface area (Å²) in [5.41, 5.74) is -0.546. The largest absolute Gasteiger partial charge is 0.389 e. The Morgan fingerprint density at radius 3 is 2.42 bits per heavy atom. The fourth-order valence-corrected chi connectivity index (χ4v) is 1.17. The summed E-state index contributed by atoms with van der Waals surface area (Å²) in [6.07, 6.45) is 3.92. The molecule has 0 aliphatic heterocycles. The number of hydrogen-bond donors (Lipinski definition) is 2. The van der Waals surface area contributed by atoms with Crippen molar-refractivity contribution in [3.8, 4) is 0 Å². The third-order valence-electron chi connectivity index (χ3n) is 3.10. The van der Waals surface area contributed by atoms with Gasteiger partial charge >= 0.3 is 0 Å². The van der Waals surface area contributed by atoms with E-state index in [0.717, 1.165) is 6.54 Å². The molecule has 1 aliphatic rings. The van der Waals surface area contributed by atoms with E-state index in [1.165, 1.54) is 19.3 Å². The van der Waals surface area contributed by atoms with Gasteiger partial charge in [-0.2, -0.15) is 0 Å². The molecule has 0 aromatic rings. The second-order valence-corrected chi connectivity index (χ2v) is 4.52. The highest BCUT2D eigenvalue weighted by molar-refractivity contribution is 4.84. The van der Waals surface area contributed by atoms with Gasteiger partial charge < -0.3 is 10.4 Å². The van der Waals surface area contributed by atoms with Gasteiger partial charge in [-0.25, -0.2) is 0 Å². The van der Waals surface area contributed by atoms with Crippen molar-refractivity contribution < 1.29 is 5.11 Å². The predicted molar refractivity (Wildman–Crippen MR) is 51.1 cm³/mol. The fourth-order valence-electron chi connectivity index (χ4n) is 1.17. The highest BCUT2D eigenvalue weighted by Crippen LogP contribution is 2.20. The molecule has 1 rings (SSSR count). The van der Waals surface area contributed by atoms with Crippen molar-refractivity contribution in [3.05, 3.63) is 0 Å². The number of aliphatic hydroxyl groups is 1. The van der Waals surface area contributed by atoms with E-state index in [2.05, 4.69) is 19.2 Å². The smallest absolute Gasteiger partial charge is 0.0766 e. The Balaban J connectivity index is 2.19. The van der Waals surface area contributed by atoms with E-state index >= 15 is 0 Å². The van der Waals surface area contributed by atoms with Crippen molar-refractivity contribution in [2.75, 3.05) is 6.54 Å². The second-order valence-electron chi connectivity index (χ2n) is 4.52. The first-order valence-electron chi connectivity index (χ1n) is 4.98. The third-order valence-corrected chi connectivity index (χ3v) is 3.10. The molecule has 2 heteroatoms. The molecule has 0 heterocycles. The maximum Gasteiger partial charge on any atom is 0.0766 e. The van der Waals surface area contributed by atoms with Gasteiger partial charge in [-0.05, 0) is 25.7 Å². The predicted octanol–water partition coefficient (Wildman–Crippen LogP) is 1.54. The Kier molecular flexibility index (Phi) is 3.13. The zero-order chi connectivity index (χ0) is 9.19. The van der Waals surface area contributed by atoms with Gasteiger partial charge in [-0.1, -0.05) is 20.3 Å². The Morgan fingerprint density at radius 1 is 1.50 bits per heavy atom. The van der Waals surface area contributed by atoms with Crippen LogP contribution in [0.15, 0.2) is 0 Å². The lowest BCUT2D eigenvalue weighted by Gasteiger charge is -2.33. The first-order valence-corrected chi connectivity index (χ1v) is 4.98. The van der Waals surface area contributed by atoms with Crippen LogP contribution in [0.25, 0.3) is 0 Å². The van der Waals surface area contributed by atoms with Crippen LogP contribution in [0.1, 0.15) is 40.0 Å². The molecule has 0 saturated heterocycles. The number of nitrogens with one attached hydrogen (secondary N) is 1. The minimum Gasteiger partial charge on any atom is -0.389 e. The van der Waals surface area contributed by atoms with E-state index in [-0.39, 0.29) is 0 Å². The molecular weight excluding hydrogens is 150 g/mol. The van der Waals surface area contributed by atoms with Crippen LogP contribution in [0.4, 0.5) is 0 Å². The van der Waals surface area contributed by atoms with Crippen LogP contribution in [-0.2, 0) is 0 Å². The van der Waals surface area contributed by atoms with Crippen LogP contribution in [0, 0.1) is 5.92 Å². The van der Waals surface area contributed by atoms with Crippen molar-refractivity contribution in [3.63, 3.8) is 0 Å². The lowest BCUT2D eigenvalue weighted by Crippen LogP contribution is -2.47. The van der Waals surface area contributed by atoms with E-state index in [1.54, 1.807) is 0 Å². The average molecular weight is 171 g/mol. The summed E-state index contributed by atoms with van der Waals surface area (Å²) < 4.78 is 0. The quantitative estimate of drug-likeness (QED) is 0.672. The maximum atomic E-state index is 9.90. The number of hydrogen-bond acceptors (Lipinski definition) is 2. The van der Waals surface area contributed by atoms with Crippen LogP contribution in [0.3, 0.4) is 0 Å². The first kappa shape index (κ1) is 10.0. The Morgan fingerprint density at radius 2 is 2.08 bits per heavy atom. The molecule has 1 aliphatic carbocycles. The fraction of sp³-hybridized carbons (Fsp3) is 1.00. The minimum atomic E-state index is -0.546. The van der Waals surface area contributed by atoms with Gasteiger partial charge in [0.1, 0.15) is 0 Å². The molecular formula is C10H21NO. The summed E-state index contributed by atoms with van der Waals surface area (Å²) in [4.78, 5) is 0. The van der Waals surface area contributed by atoms with Crippen LogP contribution < -0.4 is 5.32 Å². The second kappa shape index (κ2) is 3.75. The molecule has 0 aromatic heterocycles. The summed E-state index contributed by atoms with van der Waals surface area (Å²) in [5.74, 6) is 0.324. The standard InChI is InChI=1S/C10H21NO/c1-8(2)10(3,12)7-11-9-5-4-6-9/h8-9,11-12H,4-7H2,1-3H3. The number of rotatable bonds is 4. The highest BCUT2D eigenvalue weighted by Gasteiger charge is 2.27. The van der Waals surface area contributed by atoms with E-state index in [1.807, 2.05) is 6.92 Å². The van der Waals surface area contributed by atoms with Crippen molar-refractivity contribution in [2.45, 2.75) is 51.7 Å². The Hall–Kier alpha value is -0.0800. The summed E-state index contributed by atoms with van der Waals surface area (Å²) in [7, 11) is 0. The zero-order valence-electron chi connectivity index (χ0n) is 8.43. The molecule has 1 unspecified atom stereocenters.